The van der Waals surface area contributed by atoms with Gasteiger partial charge in [-0.2, -0.15) is 0 Å². The zero-order valence-electron chi connectivity index (χ0n) is 11.9. The number of benzene rings is 1. The third kappa shape index (κ3) is 3.89. The summed E-state index contributed by atoms with van der Waals surface area (Å²) in [5, 5.41) is 3.94. The van der Waals surface area contributed by atoms with Gasteiger partial charge in [-0.25, -0.2) is 0 Å². The Morgan fingerprint density at radius 2 is 2.19 bits per heavy atom. The lowest BCUT2D eigenvalue weighted by Gasteiger charge is -2.33. The summed E-state index contributed by atoms with van der Waals surface area (Å²) in [7, 11) is 0. The van der Waals surface area contributed by atoms with Crippen LogP contribution in [0.5, 0.6) is 0 Å². The normalized spacial score (nSPS) is 18.7. The van der Waals surface area contributed by atoms with Crippen molar-refractivity contribution in [3.05, 3.63) is 33.8 Å². The molecule has 114 valence electrons. The number of nitrogens with zero attached hydrogens (tertiary/aromatic N) is 1. The van der Waals surface area contributed by atoms with Gasteiger partial charge < -0.3 is 10.2 Å². The molecule has 1 heterocycles. The van der Waals surface area contributed by atoms with E-state index < -0.39 is 0 Å². The molecule has 1 aliphatic rings. The van der Waals surface area contributed by atoms with Gasteiger partial charge in [-0.1, -0.05) is 29.3 Å². The Balaban J connectivity index is 1.99. The number of likely N-dealkylation sites (tertiary alicyclic amines) is 1. The van der Waals surface area contributed by atoms with Crippen molar-refractivity contribution in [3.8, 4) is 0 Å². The van der Waals surface area contributed by atoms with Gasteiger partial charge in [0.2, 0.25) is 11.8 Å². The Hall–Kier alpha value is -1.26. The predicted molar refractivity (Wildman–Crippen MR) is 83.3 cm³/mol. The first-order chi connectivity index (χ1) is 10.0. The monoisotopic (exact) mass is 328 g/mol. The lowest BCUT2D eigenvalue weighted by atomic mass is 10.0. The number of halogens is 2. The van der Waals surface area contributed by atoms with Crippen molar-refractivity contribution in [1.29, 1.82) is 0 Å². The lowest BCUT2D eigenvalue weighted by molar-refractivity contribution is -0.143. The molecule has 2 rings (SSSR count). The summed E-state index contributed by atoms with van der Waals surface area (Å²) >= 11 is 11.9. The summed E-state index contributed by atoms with van der Waals surface area (Å²) in [4.78, 5) is 25.7. The zero-order chi connectivity index (χ0) is 15.4. The summed E-state index contributed by atoms with van der Waals surface area (Å²) in [6.45, 7) is 2.77. The van der Waals surface area contributed by atoms with E-state index in [-0.39, 0.29) is 17.9 Å². The summed E-state index contributed by atoms with van der Waals surface area (Å²) in [5.41, 5.74) is 0.805. The van der Waals surface area contributed by atoms with E-state index in [1.165, 1.54) is 0 Å². The van der Waals surface area contributed by atoms with Crippen LogP contribution >= 0.6 is 23.2 Å². The predicted octanol–water partition coefficient (Wildman–Crippen LogP) is 3.01. The lowest BCUT2D eigenvalue weighted by Crippen LogP contribution is -2.51. The molecular weight excluding hydrogens is 311 g/mol. The van der Waals surface area contributed by atoms with Crippen LogP contribution in [0.25, 0.3) is 0 Å². The molecule has 1 aliphatic heterocycles. The minimum atomic E-state index is -0.373. The number of hydrogen-bond donors (Lipinski definition) is 1. The van der Waals surface area contributed by atoms with Gasteiger partial charge >= 0.3 is 0 Å². The van der Waals surface area contributed by atoms with Gasteiger partial charge in [-0.3, -0.25) is 9.59 Å². The summed E-state index contributed by atoms with van der Waals surface area (Å²) in [6, 6.07) is 4.79. The third-order valence-corrected chi connectivity index (χ3v) is 4.26. The highest BCUT2D eigenvalue weighted by molar-refractivity contribution is 6.35. The van der Waals surface area contributed by atoms with Crippen LogP contribution in [0.4, 0.5) is 0 Å². The Labute approximate surface area is 134 Å². The summed E-state index contributed by atoms with van der Waals surface area (Å²) in [6.07, 6.45) is 2.00. The fraction of sp³-hybridized carbons (Fsp3) is 0.467. The van der Waals surface area contributed by atoms with Crippen molar-refractivity contribution in [2.24, 2.45) is 0 Å². The van der Waals surface area contributed by atoms with Crippen molar-refractivity contribution in [1.82, 2.24) is 10.2 Å². The summed E-state index contributed by atoms with van der Waals surface area (Å²) in [5.74, 6) is -0.0793. The van der Waals surface area contributed by atoms with E-state index in [2.05, 4.69) is 5.32 Å². The maximum absolute atomic E-state index is 12.3. The highest BCUT2D eigenvalue weighted by Gasteiger charge is 2.31. The van der Waals surface area contributed by atoms with Crippen LogP contribution < -0.4 is 5.32 Å². The van der Waals surface area contributed by atoms with E-state index in [1.807, 2.05) is 6.92 Å². The minimum Gasteiger partial charge on any atom is -0.350 e. The number of rotatable bonds is 4. The molecule has 2 amide bonds. The molecule has 1 aromatic rings. The van der Waals surface area contributed by atoms with Crippen molar-refractivity contribution in [2.75, 3.05) is 6.54 Å². The van der Waals surface area contributed by atoms with Gasteiger partial charge in [0.05, 0.1) is 0 Å². The van der Waals surface area contributed by atoms with Gasteiger partial charge in [-0.05, 0) is 37.5 Å². The quantitative estimate of drug-likeness (QED) is 0.923. The van der Waals surface area contributed by atoms with Crippen LogP contribution in [0.1, 0.15) is 31.7 Å². The van der Waals surface area contributed by atoms with Crippen LogP contribution in [-0.4, -0.2) is 29.3 Å². The second-order valence-electron chi connectivity index (χ2n) is 5.04. The van der Waals surface area contributed by atoms with Crippen LogP contribution in [0.2, 0.25) is 10.0 Å². The number of nitrogens with one attached hydrogen (secondary N) is 1. The second-order valence-corrected chi connectivity index (χ2v) is 5.88. The van der Waals surface area contributed by atoms with E-state index in [9.17, 15) is 9.59 Å². The van der Waals surface area contributed by atoms with Crippen molar-refractivity contribution in [3.63, 3.8) is 0 Å². The SMILES string of the molecule is CCN1C(=O)CCC[C@H]1C(=O)NCc1ccc(Cl)cc1Cl. The Bertz CT molecular complexity index is 548. The molecule has 0 radical (unpaired) electrons. The zero-order valence-corrected chi connectivity index (χ0v) is 13.4. The molecule has 1 N–H and O–H groups in total. The Kier molecular flexibility index (Phi) is 5.48. The molecule has 0 aromatic heterocycles. The van der Waals surface area contributed by atoms with Gasteiger partial charge in [0.25, 0.3) is 0 Å². The third-order valence-electron chi connectivity index (χ3n) is 3.68. The molecule has 0 bridgehead atoms. The molecule has 0 saturated carbocycles. The van der Waals surface area contributed by atoms with E-state index in [4.69, 9.17) is 23.2 Å². The number of piperidine rings is 1. The minimum absolute atomic E-state index is 0.0495. The first kappa shape index (κ1) is 16.1. The smallest absolute Gasteiger partial charge is 0.243 e. The van der Waals surface area contributed by atoms with Crippen molar-refractivity contribution < 1.29 is 9.59 Å². The standard InChI is InChI=1S/C15H18Cl2N2O2/c1-2-19-13(4-3-5-14(19)20)15(21)18-9-10-6-7-11(16)8-12(10)17/h6-8,13H,2-5,9H2,1H3,(H,18,21)/t13-/m0/s1. The van der Waals surface area contributed by atoms with E-state index in [0.717, 1.165) is 12.0 Å². The number of likely N-dealkylation sites (N-methyl/N-ethyl adjacent to an activating group) is 1. The molecule has 4 nitrogen and oxygen atoms in total. The second kappa shape index (κ2) is 7.14. The molecular formula is C15H18Cl2N2O2. The fourth-order valence-corrected chi connectivity index (χ4v) is 3.03. The maximum atomic E-state index is 12.3. The van der Waals surface area contributed by atoms with E-state index >= 15 is 0 Å². The van der Waals surface area contributed by atoms with Crippen LogP contribution in [-0.2, 0) is 16.1 Å². The van der Waals surface area contributed by atoms with Crippen LogP contribution in [0.15, 0.2) is 18.2 Å². The van der Waals surface area contributed by atoms with Gasteiger partial charge in [0.15, 0.2) is 0 Å². The molecule has 0 unspecified atom stereocenters. The largest absolute Gasteiger partial charge is 0.350 e. The number of carbonyl (C=O) groups excluding carboxylic acids is 2. The molecule has 6 heteroatoms. The van der Waals surface area contributed by atoms with Crippen molar-refractivity contribution >= 4 is 35.0 Å². The molecule has 1 saturated heterocycles. The topological polar surface area (TPSA) is 49.4 Å². The number of carbonyl (C=O) groups is 2. The fourth-order valence-electron chi connectivity index (χ4n) is 2.55. The van der Waals surface area contributed by atoms with Gasteiger partial charge in [-0.15, -0.1) is 0 Å². The first-order valence-electron chi connectivity index (χ1n) is 7.04. The molecule has 1 fully saturated rings. The van der Waals surface area contributed by atoms with Crippen LogP contribution in [0.3, 0.4) is 0 Å². The van der Waals surface area contributed by atoms with Crippen LogP contribution in [0, 0.1) is 0 Å². The first-order valence-corrected chi connectivity index (χ1v) is 7.79. The summed E-state index contributed by atoms with van der Waals surface area (Å²) < 4.78 is 0. The number of hydrogen-bond acceptors (Lipinski definition) is 2. The van der Waals surface area contributed by atoms with Gasteiger partial charge in [0.1, 0.15) is 6.04 Å². The molecule has 21 heavy (non-hydrogen) atoms. The average Bonchev–Trinajstić information content (AvgIpc) is 2.45. The average molecular weight is 329 g/mol. The van der Waals surface area contributed by atoms with E-state index in [0.29, 0.717) is 36.0 Å². The van der Waals surface area contributed by atoms with E-state index in [1.54, 1.807) is 23.1 Å². The molecule has 0 spiro atoms. The Morgan fingerprint density at radius 3 is 2.86 bits per heavy atom. The number of amides is 2. The molecule has 1 aromatic carbocycles. The van der Waals surface area contributed by atoms with Crippen molar-refractivity contribution in [2.45, 2.75) is 38.8 Å². The van der Waals surface area contributed by atoms with Gasteiger partial charge in [0, 0.05) is 29.6 Å². The highest BCUT2D eigenvalue weighted by atomic mass is 35.5. The molecule has 1 atom stereocenters. The highest BCUT2D eigenvalue weighted by Crippen LogP contribution is 2.21. The Morgan fingerprint density at radius 1 is 1.43 bits per heavy atom. The maximum Gasteiger partial charge on any atom is 0.243 e. The molecule has 0 aliphatic carbocycles.